The first-order valence-electron chi connectivity index (χ1n) is 7.83. The van der Waals surface area contributed by atoms with Gasteiger partial charge in [0.05, 0.1) is 11.6 Å². The van der Waals surface area contributed by atoms with Gasteiger partial charge in [-0.1, -0.05) is 18.2 Å². The zero-order chi connectivity index (χ0) is 15.4. The Morgan fingerprint density at radius 3 is 2.91 bits per heavy atom. The highest BCUT2D eigenvalue weighted by Crippen LogP contribution is 2.20. The van der Waals surface area contributed by atoms with Gasteiger partial charge in [-0.05, 0) is 31.9 Å². The van der Waals surface area contributed by atoms with Crippen molar-refractivity contribution in [2.75, 3.05) is 26.2 Å². The van der Waals surface area contributed by atoms with Crippen LogP contribution in [0, 0.1) is 0 Å². The van der Waals surface area contributed by atoms with Crippen LogP contribution in [0.5, 0.6) is 0 Å². The Bertz CT molecular complexity index is 632. The number of aromatic nitrogens is 2. The Balaban J connectivity index is 1.60. The molecule has 6 nitrogen and oxygen atoms in total. The predicted octanol–water partition coefficient (Wildman–Crippen LogP) is 1.53. The summed E-state index contributed by atoms with van der Waals surface area (Å²) in [4.78, 5) is 14.5. The largest absolute Gasteiger partial charge is 0.378 e. The standard InChI is InChI=1S/C16H22N4O2/c17-8-3-11-22-12-6-9-20(10-7-12)16(21)15-13-4-1-2-5-14(13)18-19-15/h1-2,4-5,12H,3,6-11,17H2,(H,18,19). The zero-order valence-corrected chi connectivity index (χ0v) is 12.6. The number of hydrogen-bond acceptors (Lipinski definition) is 4. The number of H-pyrrole nitrogens is 1. The number of piperidine rings is 1. The van der Waals surface area contributed by atoms with Crippen molar-refractivity contribution in [1.29, 1.82) is 0 Å². The summed E-state index contributed by atoms with van der Waals surface area (Å²) in [6, 6.07) is 7.70. The second kappa shape index (κ2) is 6.89. The van der Waals surface area contributed by atoms with Crippen molar-refractivity contribution in [3.8, 4) is 0 Å². The predicted molar refractivity (Wildman–Crippen MR) is 84.6 cm³/mol. The minimum absolute atomic E-state index is 0.00198. The van der Waals surface area contributed by atoms with Gasteiger partial charge in [-0.2, -0.15) is 5.10 Å². The number of benzene rings is 1. The van der Waals surface area contributed by atoms with E-state index in [-0.39, 0.29) is 12.0 Å². The number of amides is 1. The highest BCUT2D eigenvalue weighted by molar-refractivity contribution is 6.04. The molecule has 0 atom stereocenters. The average molecular weight is 302 g/mol. The molecule has 0 bridgehead atoms. The molecule has 1 fully saturated rings. The van der Waals surface area contributed by atoms with E-state index in [0.29, 0.717) is 31.9 Å². The normalized spacial score (nSPS) is 16.3. The van der Waals surface area contributed by atoms with Crippen LogP contribution < -0.4 is 5.73 Å². The Hall–Kier alpha value is -1.92. The van der Waals surface area contributed by atoms with Gasteiger partial charge in [0.25, 0.3) is 5.91 Å². The second-order valence-electron chi connectivity index (χ2n) is 5.62. The lowest BCUT2D eigenvalue weighted by Crippen LogP contribution is -2.41. The monoisotopic (exact) mass is 302 g/mol. The molecule has 0 radical (unpaired) electrons. The maximum absolute atomic E-state index is 12.6. The fraction of sp³-hybridized carbons (Fsp3) is 0.500. The van der Waals surface area contributed by atoms with E-state index in [9.17, 15) is 4.79 Å². The number of likely N-dealkylation sites (tertiary alicyclic amines) is 1. The number of ether oxygens (including phenoxy) is 1. The summed E-state index contributed by atoms with van der Waals surface area (Å²) in [6.45, 7) is 2.79. The summed E-state index contributed by atoms with van der Waals surface area (Å²) in [5, 5.41) is 7.99. The number of aromatic amines is 1. The second-order valence-corrected chi connectivity index (χ2v) is 5.62. The maximum Gasteiger partial charge on any atom is 0.274 e. The molecular weight excluding hydrogens is 280 g/mol. The smallest absolute Gasteiger partial charge is 0.274 e. The highest BCUT2D eigenvalue weighted by atomic mass is 16.5. The van der Waals surface area contributed by atoms with Crippen LogP contribution in [-0.2, 0) is 4.74 Å². The van der Waals surface area contributed by atoms with Crippen molar-refractivity contribution >= 4 is 16.8 Å². The first-order chi connectivity index (χ1) is 10.8. The van der Waals surface area contributed by atoms with Crippen molar-refractivity contribution < 1.29 is 9.53 Å². The van der Waals surface area contributed by atoms with E-state index in [1.807, 2.05) is 29.2 Å². The molecule has 0 aliphatic carbocycles. The molecule has 1 amide bonds. The van der Waals surface area contributed by atoms with Gasteiger partial charge in [0.15, 0.2) is 5.69 Å². The van der Waals surface area contributed by atoms with Gasteiger partial charge in [-0.3, -0.25) is 9.89 Å². The number of nitrogens with two attached hydrogens (primary N) is 1. The van der Waals surface area contributed by atoms with Gasteiger partial charge >= 0.3 is 0 Å². The number of rotatable bonds is 5. The first kappa shape index (κ1) is 15.0. The minimum atomic E-state index is -0.00198. The lowest BCUT2D eigenvalue weighted by atomic mass is 10.1. The van der Waals surface area contributed by atoms with Gasteiger partial charge in [0.2, 0.25) is 0 Å². The average Bonchev–Trinajstić information content (AvgIpc) is 2.99. The van der Waals surface area contributed by atoms with Crippen LogP contribution in [0.4, 0.5) is 0 Å². The van der Waals surface area contributed by atoms with Crippen molar-refractivity contribution in [2.24, 2.45) is 5.73 Å². The molecule has 0 unspecified atom stereocenters. The van der Waals surface area contributed by atoms with Gasteiger partial charge < -0.3 is 15.4 Å². The fourth-order valence-electron chi connectivity index (χ4n) is 2.84. The van der Waals surface area contributed by atoms with Crippen molar-refractivity contribution in [1.82, 2.24) is 15.1 Å². The Morgan fingerprint density at radius 2 is 2.14 bits per heavy atom. The molecule has 3 rings (SSSR count). The van der Waals surface area contributed by atoms with E-state index >= 15 is 0 Å². The molecular formula is C16H22N4O2. The molecule has 6 heteroatoms. The van der Waals surface area contributed by atoms with Crippen LogP contribution in [0.15, 0.2) is 24.3 Å². The summed E-state index contributed by atoms with van der Waals surface area (Å²) in [5.74, 6) is -0.00198. The van der Waals surface area contributed by atoms with Crippen LogP contribution in [0.3, 0.4) is 0 Å². The Labute approximate surface area is 129 Å². The molecule has 0 spiro atoms. The summed E-state index contributed by atoms with van der Waals surface area (Å²) in [6.07, 6.45) is 2.88. The van der Waals surface area contributed by atoms with E-state index in [2.05, 4.69) is 10.2 Å². The molecule has 1 saturated heterocycles. The molecule has 3 N–H and O–H groups in total. The molecule has 118 valence electrons. The quantitative estimate of drug-likeness (QED) is 0.820. The van der Waals surface area contributed by atoms with E-state index in [1.54, 1.807) is 0 Å². The van der Waals surface area contributed by atoms with E-state index in [0.717, 1.165) is 30.2 Å². The number of hydrogen-bond donors (Lipinski definition) is 2. The fourth-order valence-corrected chi connectivity index (χ4v) is 2.84. The van der Waals surface area contributed by atoms with Crippen molar-refractivity contribution in [3.63, 3.8) is 0 Å². The number of nitrogens with one attached hydrogen (secondary N) is 1. The Morgan fingerprint density at radius 1 is 1.36 bits per heavy atom. The van der Waals surface area contributed by atoms with E-state index < -0.39 is 0 Å². The van der Waals surface area contributed by atoms with E-state index in [1.165, 1.54) is 0 Å². The van der Waals surface area contributed by atoms with Crippen molar-refractivity contribution in [3.05, 3.63) is 30.0 Å². The lowest BCUT2D eigenvalue weighted by Gasteiger charge is -2.31. The summed E-state index contributed by atoms with van der Waals surface area (Å²) >= 11 is 0. The molecule has 1 aliphatic heterocycles. The third-order valence-corrected chi connectivity index (χ3v) is 4.10. The minimum Gasteiger partial charge on any atom is -0.378 e. The van der Waals surface area contributed by atoms with Gasteiger partial charge in [-0.15, -0.1) is 0 Å². The first-order valence-corrected chi connectivity index (χ1v) is 7.83. The number of carbonyl (C=O) groups excluding carboxylic acids is 1. The van der Waals surface area contributed by atoms with Crippen LogP contribution in [0.2, 0.25) is 0 Å². The number of fused-ring (bicyclic) bond motifs is 1. The summed E-state index contributed by atoms with van der Waals surface area (Å²) in [7, 11) is 0. The zero-order valence-electron chi connectivity index (χ0n) is 12.6. The number of carbonyl (C=O) groups is 1. The molecule has 2 aromatic rings. The summed E-state index contributed by atoms with van der Waals surface area (Å²) in [5.41, 5.74) is 6.87. The van der Waals surface area contributed by atoms with Gasteiger partial charge in [0.1, 0.15) is 0 Å². The van der Waals surface area contributed by atoms with E-state index in [4.69, 9.17) is 10.5 Å². The molecule has 0 saturated carbocycles. The summed E-state index contributed by atoms with van der Waals surface area (Å²) < 4.78 is 5.77. The third-order valence-electron chi connectivity index (χ3n) is 4.10. The Kier molecular flexibility index (Phi) is 4.70. The van der Waals surface area contributed by atoms with Crippen LogP contribution >= 0.6 is 0 Å². The topological polar surface area (TPSA) is 84.2 Å². The third kappa shape index (κ3) is 3.13. The molecule has 2 heterocycles. The number of para-hydroxylation sites is 1. The highest BCUT2D eigenvalue weighted by Gasteiger charge is 2.26. The van der Waals surface area contributed by atoms with Crippen LogP contribution in [0.1, 0.15) is 29.8 Å². The molecule has 1 aromatic heterocycles. The van der Waals surface area contributed by atoms with Crippen LogP contribution in [0.25, 0.3) is 10.9 Å². The van der Waals surface area contributed by atoms with Gasteiger partial charge in [0, 0.05) is 25.1 Å². The SMILES string of the molecule is NCCCOC1CCN(C(=O)c2n[nH]c3ccccc23)CC1. The maximum atomic E-state index is 12.6. The van der Waals surface area contributed by atoms with Crippen LogP contribution in [-0.4, -0.2) is 53.3 Å². The molecule has 1 aromatic carbocycles. The lowest BCUT2D eigenvalue weighted by molar-refractivity contribution is 0.00834. The molecule has 1 aliphatic rings. The van der Waals surface area contributed by atoms with Gasteiger partial charge in [-0.25, -0.2) is 0 Å². The number of nitrogens with zero attached hydrogens (tertiary/aromatic N) is 2. The van der Waals surface area contributed by atoms with Crippen molar-refractivity contribution in [2.45, 2.75) is 25.4 Å². The molecule has 22 heavy (non-hydrogen) atoms.